The molecule has 0 saturated carbocycles. The summed E-state index contributed by atoms with van der Waals surface area (Å²) in [6.07, 6.45) is 1.94. The van der Waals surface area contributed by atoms with Crippen LogP contribution >= 0.6 is 7.53 Å². The maximum atomic E-state index is 14.3. The molecule has 0 atom stereocenters. The normalized spacial score (nSPS) is 12.9. The second-order valence-corrected chi connectivity index (χ2v) is 16.8. The van der Waals surface area contributed by atoms with Crippen molar-refractivity contribution in [2.24, 2.45) is 0 Å². The predicted molar refractivity (Wildman–Crippen MR) is 203 cm³/mol. The zero-order valence-electron chi connectivity index (χ0n) is 29.6. The van der Waals surface area contributed by atoms with Gasteiger partial charge in [0.05, 0.1) is 22.8 Å². The van der Waals surface area contributed by atoms with E-state index in [0.29, 0.717) is 0 Å². The summed E-state index contributed by atoms with van der Waals surface area (Å²) >= 11 is 0. The molecule has 0 radical (unpaired) electrons. The number of carbonyl (C=O) groups excluding carboxylic acids is 2. The van der Waals surface area contributed by atoms with Crippen molar-refractivity contribution in [2.75, 3.05) is 0 Å². The van der Waals surface area contributed by atoms with Gasteiger partial charge in [0.15, 0.2) is 0 Å². The van der Waals surface area contributed by atoms with Crippen LogP contribution < -0.4 is 0 Å². The molecule has 3 aromatic heterocycles. The number of aromatic nitrogens is 2. The van der Waals surface area contributed by atoms with Gasteiger partial charge in [0.25, 0.3) is 0 Å². The van der Waals surface area contributed by atoms with Crippen molar-refractivity contribution in [3.63, 3.8) is 0 Å². The molecule has 1 aliphatic rings. The Kier molecular flexibility index (Phi) is 8.69. The topological polar surface area (TPSA) is 62.5 Å². The second kappa shape index (κ2) is 13.0. The molecule has 6 nitrogen and oxygen atoms in total. The molecule has 50 heavy (non-hydrogen) atoms. The van der Waals surface area contributed by atoms with Crippen LogP contribution in [0.15, 0.2) is 115 Å². The molecule has 0 saturated heterocycles. The average molecular weight is 683 g/mol. The van der Waals surface area contributed by atoms with E-state index in [1.54, 1.807) is 9.13 Å². The van der Waals surface area contributed by atoms with E-state index in [2.05, 4.69) is 36.4 Å². The number of carbonyl (C=O) groups is 2. The molecule has 0 spiro atoms. The van der Waals surface area contributed by atoms with Gasteiger partial charge in [0.2, 0.25) is 0 Å². The second-order valence-electron chi connectivity index (χ2n) is 14.8. The first-order chi connectivity index (χ1) is 23.9. The number of hydrogen-bond donors (Lipinski definition) is 0. The molecule has 0 N–H and O–H groups in total. The van der Waals surface area contributed by atoms with Crippen molar-refractivity contribution in [3.8, 4) is 49.8 Å². The number of rotatable bonds is 5. The van der Waals surface area contributed by atoms with Crippen molar-refractivity contribution in [1.82, 2.24) is 9.13 Å². The lowest BCUT2D eigenvalue weighted by molar-refractivity contribution is 0.0531. The van der Waals surface area contributed by atoms with Gasteiger partial charge in [-0.15, -0.1) is 0 Å². The minimum atomic E-state index is -1.21. The summed E-state index contributed by atoms with van der Waals surface area (Å²) in [5.41, 5.74) is 6.23. The van der Waals surface area contributed by atoms with E-state index in [1.807, 2.05) is 120 Å². The van der Waals surface area contributed by atoms with Crippen molar-refractivity contribution in [3.05, 3.63) is 126 Å². The van der Waals surface area contributed by atoms with Crippen LogP contribution in [0, 0.1) is 0 Å². The summed E-state index contributed by atoms with van der Waals surface area (Å²) in [5, 5.41) is 3.43. The molecule has 254 valence electrons. The Morgan fingerprint density at radius 1 is 0.520 bits per heavy atom. The molecule has 6 aromatic rings. The van der Waals surface area contributed by atoms with Crippen LogP contribution in [-0.2, 0) is 22.3 Å². The third kappa shape index (κ3) is 6.36. The van der Waals surface area contributed by atoms with Gasteiger partial charge in [-0.05, 0) is 113 Å². The van der Waals surface area contributed by atoms with Crippen LogP contribution in [0.1, 0.15) is 59.1 Å². The summed E-state index contributed by atoms with van der Waals surface area (Å²) < 4.78 is 15.7. The van der Waals surface area contributed by atoms with Gasteiger partial charge < -0.3 is 9.47 Å². The van der Waals surface area contributed by atoms with Crippen LogP contribution in [0.5, 0.6) is 0 Å². The Labute approximate surface area is 295 Å². The van der Waals surface area contributed by atoms with Crippen molar-refractivity contribution in [1.29, 1.82) is 0 Å². The van der Waals surface area contributed by atoms with Crippen LogP contribution in [0.3, 0.4) is 0 Å². The van der Waals surface area contributed by atoms with Crippen LogP contribution in [0.25, 0.3) is 49.8 Å². The number of nitrogens with zero attached hydrogens (tertiary/aromatic N) is 2. The van der Waals surface area contributed by atoms with Crippen molar-refractivity contribution >= 4 is 19.7 Å². The molecule has 0 amide bonds. The highest BCUT2D eigenvalue weighted by molar-refractivity contribution is 7.63. The molecule has 3 aromatic carbocycles. The molecule has 3 heterocycles. The quantitative estimate of drug-likeness (QED) is 0.182. The first-order valence-electron chi connectivity index (χ1n) is 17.2. The highest BCUT2D eigenvalue weighted by atomic mass is 31.1. The summed E-state index contributed by atoms with van der Waals surface area (Å²) in [5.74, 6) is 0. The standard InChI is InChI=1S/C43H43N2O4P/c1-42(2,3)48-40(46)44-34(29-17-10-7-11-18-29)25-27-36(44)38-32-23-16-24-33(32)39(50(38)31-21-14-9-15-22-31)37-28-26-35(30-19-12-8-13-20-30)45(37)41(47)49-43(4,5)6/h7-15,17-22,25-28H,16,23-24H2,1-6H3. The lowest BCUT2D eigenvalue weighted by Crippen LogP contribution is -2.28. The first-order valence-corrected chi connectivity index (χ1v) is 18.6. The smallest absolute Gasteiger partial charge is 0.419 e. The third-order valence-corrected chi connectivity index (χ3v) is 11.5. The van der Waals surface area contributed by atoms with Crippen LogP contribution in [-0.4, -0.2) is 32.5 Å². The first kappa shape index (κ1) is 33.4. The van der Waals surface area contributed by atoms with Crippen molar-refractivity contribution < 1.29 is 19.1 Å². The Hall–Kier alpha value is -5.06. The van der Waals surface area contributed by atoms with Crippen LogP contribution in [0.4, 0.5) is 9.59 Å². The van der Waals surface area contributed by atoms with Crippen LogP contribution in [0.2, 0.25) is 0 Å². The van der Waals surface area contributed by atoms with E-state index in [4.69, 9.17) is 9.47 Å². The Bertz CT molecular complexity index is 2040. The van der Waals surface area contributed by atoms with E-state index in [9.17, 15) is 9.59 Å². The molecule has 0 bridgehead atoms. The van der Waals surface area contributed by atoms with E-state index in [0.717, 1.165) is 69.1 Å². The molecule has 0 fully saturated rings. The van der Waals surface area contributed by atoms with Gasteiger partial charge >= 0.3 is 12.2 Å². The number of benzene rings is 3. The highest BCUT2D eigenvalue weighted by Crippen LogP contribution is 2.63. The van der Waals surface area contributed by atoms with Crippen molar-refractivity contribution in [2.45, 2.75) is 72.0 Å². The zero-order valence-corrected chi connectivity index (χ0v) is 30.5. The van der Waals surface area contributed by atoms with Gasteiger partial charge in [-0.2, -0.15) is 0 Å². The molecule has 1 aliphatic carbocycles. The maximum absolute atomic E-state index is 14.3. The lowest BCUT2D eigenvalue weighted by Gasteiger charge is -2.23. The summed E-state index contributed by atoms with van der Waals surface area (Å²) in [7, 11) is -1.21. The minimum Gasteiger partial charge on any atom is -0.443 e. The SMILES string of the molecule is CC(C)(C)OC(=O)n1c(-c2ccccc2)ccc1-c1c2c(c(-c3ccc(-c4ccccc4)n3C(=O)OC(C)(C)C)p1-c1ccccc1)CCC2. The summed E-state index contributed by atoms with van der Waals surface area (Å²) in [4.78, 5) is 28.5. The lowest BCUT2D eigenvalue weighted by atomic mass is 10.1. The molecule has 7 heteroatoms. The van der Waals surface area contributed by atoms with Gasteiger partial charge in [0.1, 0.15) is 11.2 Å². The molecule has 0 unspecified atom stereocenters. The molecule has 7 rings (SSSR count). The van der Waals surface area contributed by atoms with Gasteiger partial charge in [-0.1, -0.05) is 98.5 Å². The minimum absolute atomic E-state index is 0.413. The van der Waals surface area contributed by atoms with Gasteiger partial charge in [-0.3, -0.25) is 0 Å². The van der Waals surface area contributed by atoms with Gasteiger partial charge in [0, 0.05) is 10.6 Å². The number of fused-ring (bicyclic) bond motifs is 1. The third-order valence-electron chi connectivity index (χ3n) is 8.79. The maximum Gasteiger partial charge on any atom is 0.419 e. The summed E-state index contributed by atoms with van der Waals surface area (Å²) in [6.45, 7) is 11.4. The fraction of sp³-hybridized carbons (Fsp3) is 0.256. The average Bonchev–Trinajstić information content (AvgIpc) is 3.87. The largest absolute Gasteiger partial charge is 0.443 e. The van der Waals surface area contributed by atoms with E-state index < -0.39 is 30.9 Å². The molecule has 0 aliphatic heterocycles. The summed E-state index contributed by atoms with van der Waals surface area (Å²) in [6, 6.07) is 38.7. The Morgan fingerprint density at radius 2 is 0.880 bits per heavy atom. The Morgan fingerprint density at radius 3 is 1.26 bits per heavy atom. The van der Waals surface area contributed by atoms with E-state index >= 15 is 0 Å². The fourth-order valence-electron chi connectivity index (χ4n) is 6.94. The number of ether oxygens (including phenoxy) is 2. The molecular weight excluding hydrogens is 639 g/mol. The monoisotopic (exact) mass is 682 g/mol. The fourth-order valence-corrected chi connectivity index (χ4v) is 9.99. The number of hydrogen-bond acceptors (Lipinski definition) is 4. The predicted octanol–water partition coefficient (Wildman–Crippen LogP) is 12.0. The Balaban J connectivity index is 1.55. The van der Waals surface area contributed by atoms with Gasteiger partial charge in [-0.25, -0.2) is 18.7 Å². The van der Waals surface area contributed by atoms with E-state index in [1.165, 1.54) is 11.1 Å². The molecular formula is C43H43N2O4P. The zero-order chi connectivity index (χ0) is 35.2. The highest BCUT2D eigenvalue weighted by Gasteiger charge is 2.35. The van der Waals surface area contributed by atoms with E-state index in [-0.39, 0.29) is 0 Å².